The van der Waals surface area contributed by atoms with Crippen LogP contribution in [0.15, 0.2) is 47.5 Å². The molecule has 0 aliphatic heterocycles. The molecule has 1 heterocycles. The number of nitrogens with one attached hydrogen (secondary N) is 2. The van der Waals surface area contributed by atoms with E-state index in [9.17, 15) is 19.7 Å². The normalized spacial score (nSPS) is 10.6. The average Bonchev–Trinajstić information content (AvgIpc) is 2.71. The SMILES string of the molecule is Cc1cc(C)c2nc(SCC(=O)NNC(=O)c3ccc([N+](=O)[O-])cc3)cc(C)c2c1. The van der Waals surface area contributed by atoms with Crippen molar-refractivity contribution >= 4 is 40.2 Å². The van der Waals surface area contributed by atoms with Gasteiger partial charge >= 0.3 is 0 Å². The summed E-state index contributed by atoms with van der Waals surface area (Å²) in [6.45, 7) is 6.07. The molecule has 0 atom stereocenters. The lowest BCUT2D eigenvalue weighted by Crippen LogP contribution is -2.42. The number of nitrogens with zero attached hydrogens (tertiary/aromatic N) is 2. The standard InChI is InChI=1S/C21H20N4O4S/c1-12-8-14(3)20-17(9-12)13(2)10-19(22-20)30-11-18(26)23-24-21(27)15-4-6-16(7-5-15)25(28)29/h4-10H,11H2,1-3H3,(H,23,26)(H,24,27). The van der Waals surface area contributed by atoms with Crippen molar-refractivity contribution in [2.45, 2.75) is 25.8 Å². The molecule has 0 spiro atoms. The van der Waals surface area contributed by atoms with Crippen molar-refractivity contribution in [3.05, 3.63) is 74.8 Å². The third-order valence-corrected chi connectivity index (χ3v) is 5.35. The fourth-order valence-corrected chi connectivity index (χ4v) is 3.76. The van der Waals surface area contributed by atoms with Crippen LogP contribution in [-0.2, 0) is 4.79 Å². The van der Waals surface area contributed by atoms with Crippen molar-refractivity contribution in [1.29, 1.82) is 0 Å². The number of amides is 2. The van der Waals surface area contributed by atoms with Gasteiger partial charge in [0.1, 0.15) is 0 Å². The third kappa shape index (κ3) is 4.93. The van der Waals surface area contributed by atoms with Crippen molar-refractivity contribution in [2.75, 3.05) is 5.75 Å². The highest BCUT2D eigenvalue weighted by Gasteiger charge is 2.12. The zero-order valence-electron chi connectivity index (χ0n) is 16.7. The van der Waals surface area contributed by atoms with Crippen LogP contribution >= 0.6 is 11.8 Å². The molecule has 8 nitrogen and oxygen atoms in total. The molecule has 0 bridgehead atoms. The summed E-state index contributed by atoms with van der Waals surface area (Å²) in [7, 11) is 0. The summed E-state index contributed by atoms with van der Waals surface area (Å²) in [6, 6.07) is 11.2. The number of aromatic nitrogens is 1. The van der Waals surface area contributed by atoms with Gasteiger partial charge in [0.05, 0.1) is 21.2 Å². The highest BCUT2D eigenvalue weighted by Crippen LogP contribution is 2.26. The van der Waals surface area contributed by atoms with Gasteiger partial charge in [0, 0.05) is 23.1 Å². The van der Waals surface area contributed by atoms with Gasteiger partial charge in [-0.15, -0.1) is 0 Å². The molecule has 3 rings (SSSR count). The summed E-state index contributed by atoms with van der Waals surface area (Å²) in [5.74, 6) is -0.881. The van der Waals surface area contributed by atoms with Crippen LogP contribution in [0, 0.1) is 30.9 Å². The highest BCUT2D eigenvalue weighted by molar-refractivity contribution is 7.99. The zero-order valence-corrected chi connectivity index (χ0v) is 17.5. The van der Waals surface area contributed by atoms with Crippen molar-refractivity contribution < 1.29 is 14.5 Å². The van der Waals surface area contributed by atoms with Crippen LogP contribution < -0.4 is 10.9 Å². The van der Waals surface area contributed by atoms with Crippen LogP contribution in [0.3, 0.4) is 0 Å². The van der Waals surface area contributed by atoms with Crippen LogP contribution in [0.1, 0.15) is 27.0 Å². The Bertz CT molecular complexity index is 1150. The van der Waals surface area contributed by atoms with Crippen molar-refractivity contribution in [3.63, 3.8) is 0 Å². The Morgan fingerprint density at radius 1 is 1.03 bits per heavy atom. The van der Waals surface area contributed by atoms with Gasteiger partial charge in [0.15, 0.2) is 0 Å². The number of rotatable bonds is 5. The zero-order chi connectivity index (χ0) is 21.8. The maximum Gasteiger partial charge on any atom is 0.269 e. The van der Waals surface area contributed by atoms with Gasteiger partial charge in [-0.05, 0) is 56.2 Å². The number of hydrogen-bond acceptors (Lipinski definition) is 6. The number of thioether (sulfide) groups is 1. The molecule has 0 saturated heterocycles. The monoisotopic (exact) mass is 424 g/mol. The molecule has 0 fully saturated rings. The summed E-state index contributed by atoms with van der Waals surface area (Å²) >= 11 is 1.27. The van der Waals surface area contributed by atoms with E-state index in [0.717, 1.165) is 27.1 Å². The molecule has 3 aromatic rings. The quantitative estimate of drug-likeness (QED) is 0.367. The summed E-state index contributed by atoms with van der Waals surface area (Å²) < 4.78 is 0. The fraction of sp³-hybridized carbons (Fsp3) is 0.190. The third-order valence-electron chi connectivity index (χ3n) is 4.44. The van der Waals surface area contributed by atoms with Crippen molar-refractivity contribution in [3.8, 4) is 0 Å². The minimum absolute atomic E-state index is 0.0728. The number of carbonyl (C=O) groups is 2. The van der Waals surface area contributed by atoms with Crippen LogP contribution in [0.5, 0.6) is 0 Å². The van der Waals surface area contributed by atoms with E-state index in [0.29, 0.717) is 0 Å². The van der Waals surface area contributed by atoms with Gasteiger partial charge in [-0.3, -0.25) is 30.6 Å². The maximum absolute atomic E-state index is 12.1. The second-order valence-electron chi connectivity index (χ2n) is 6.85. The minimum Gasteiger partial charge on any atom is -0.272 e. The number of benzene rings is 2. The van der Waals surface area contributed by atoms with Crippen LogP contribution in [0.25, 0.3) is 10.9 Å². The molecular weight excluding hydrogens is 404 g/mol. The Morgan fingerprint density at radius 2 is 1.73 bits per heavy atom. The lowest BCUT2D eigenvalue weighted by molar-refractivity contribution is -0.384. The summed E-state index contributed by atoms with van der Waals surface area (Å²) in [5, 5.41) is 12.5. The van der Waals surface area contributed by atoms with Crippen molar-refractivity contribution in [2.24, 2.45) is 0 Å². The molecule has 0 aliphatic rings. The number of nitro groups is 1. The maximum atomic E-state index is 12.1. The fourth-order valence-electron chi connectivity index (χ4n) is 3.00. The lowest BCUT2D eigenvalue weighted by Gasteiger charge is -2.10. The van der Waals surface area contributed by atoms with Gasteiger partial charge in [-0.2, -0.15) is 0 Å². The van der Waals surface area contributed by atoms with E-state index in [1.165, 1.54) is 41.6 Å². The summed E-state index contributed by atoms with van der Waals surface area (Å²) in [6.07, 6.45) is 0. The van der Waals surface area contributed by atoms with E-state index < -0.39 is 16.7 Å². The van der Waals surface area contributed by atoms with E-state index in [2.05, 4.69) is 28.0 Å². The van der Waals surface area contributed by atoms with Crippen LogP contribution in [0.2, 0.25) is 0 Å². The van der Waals surface area contributed by atoms with Crippen LogP contribution in [-0.4, -0.2) is 27.5 Å². The molecule has 2 aromatic carbocycles. The van der Waals surface area contributed by atoms with Gasteiger partial charge in [-0.25, -0.2) is 4.98 Å². The van der Waals surface area contributed by atoms with Crippen molar-refractivity contribution in [1.82, 2.24) is 15.8 Å². The topological polar surface area (TPSA) is 114 Å². The number of hydrazine groups is 1. The molecule has 30 heavy (non-hydrogen) atoms. The molecule has 154 valence electrons. The number of non-ortho nitro benzene ring substituents is 1. The smallest absolute Gasteiger partial charge is 0.269 e. The number of aryl methyl sites for hydroxylation is 3. The Hall–Kier alpha value is -3.46. The number of pyridine rings is 1. The van der Waals surface area contributed by atoms with Gasteiger partial charge < -0.3 is 0 Å². The summed E-state index contributed by atoms with van der Waals surface area (Å²) in [5.41, 5.74) is 8.97. The van der Waals surface area contributed by atoms with E-state index in [-0.39, 0.29) is 17.0 Å². The largest absolute Gasteiger partial charge is 0.272 e. The van der Waals surface area contributed by atoms with E-state index >= 15 is 0 Å². The number of carbonyl (C=O) groups excluding carboxylic acids is 2. The van der Waals surface area contributed by atoms with Gasteiger partial charge in [-0.1, -0.05) is 23.4 Å². The van der Waals surface area contributed by atoms with E-state index in [1.54, 1.807) is 0 Å². The second kappa shape index (κ2) is 8.91. The molecule has 9 heteroatoms. The second-order valence-corrected chi connectivity index (χ2v) is 7.85. The van der Waals surface area contributed by atoms with Crippen LogP contribution in [0.4, 0.5) is 5.69 Å². The lowest BCUT2D eigenvalue weighted by atomic mass is 10.0. The summed E-state index contributed by atoms with van der Waals surface area (Å²) in [4.78, 5) is 38.9. The number of hydrogen-bond donors (Lipinski definition) is 2. The predicted molar refractivity (Wildman–Crippen MR) is 115 cm³/mol. The first-order chi connectivity index (χ1) is 14.2. The molecule has 0 saturated carbocycles. The highest BCUT2D eigenvalue weighted by atomic mass is 32.2. The average molecular weight is 424 g/mol. The Kier molecular flexibility index (Phi) is 6.31. The first-order valence-electron chi connectivity index (χ1n) is 9.09. The Labute approximate surface area is 177 Å². The first kappa shape index (κ1) is 21.3. The molecule has 1 aromatic heterocycles. The number of fused-ring (bicyclic) bond motifs is 1. The molecule has 0 radical (unpaired) electrons. The molecule has 0 aliphatic carbocycles. The predicted octanol–water partition coefficient (Wildman–Crippen LogP) is 3.62. The molecule has 2 amide bonds. The molecule has 2 N–H and O–H groups in total. The van der Waals surface area contributed by atoms with E-state index in [4.69, 9.17) is 0 Å². The van der Waals surface area contributed by atoms with Gasteiger partial charge in [0.2, 0.25) is 5.91 Å². The van der Waals surface area contributed by atoms with Gasteiger partial charge in [0.25, 0.3) is 11.6 Å². The minimum atomic E-state index is -0.561. The number of nitro benzene ring substituents is 1. The Morgan fingerprint density at radius 3 is 2.40 bits per heavy atom. The Balaban J connectivity index is 1.58. The molecular formula is C21H20N4O4S. The van der Waals surface area contributed by atoms with E-state index in [1.807, 2.05) is 26.8 Å². The first-order valence-corrected chi connectivity index (χ1v) is 10.1. The molecule has 0 unspecified atom stereocenters.